The van der Waals surface area contributed by atoms with Crippen molar-refractivity contribution in [2.45, 2.75) is 84.5 Å². The Morgan fingerprint density at radius 1 is 0.556 bits per heavy atom. The SMILES string of the molecule is CCCCCCCCCCCCOCCC.[H-].[H-].[Na+].[Na+]. The van der Waals surface area contributed by atoms with Gasteiger partial charge in [-0.15, -0.1) is 0 Å². The van der Waals surface area contributed by atoms with Crippen LogP contribution in [0.25, 0.3) is 0 Å². The molecule has 0 rings (SSSR count). The average Bonchev–Trinajstić information content (AvgIpc) is 2.31. The summed E-state index contributed by atoms with van der Waals surface area (Å²) in [5, 5.41) is 0. The number of ether oxygens (including phenoxy) is 1. The van der Waals surface area contributed by atoms with E-state index in [4.69, 9.17) is 4.74 Å². The third kappa shape index (κ3) is 23.1. The fraction of sp³-hybridized carbons (Fsp3) is 1.00. The molecular formula is C15H34Na2O. The molecule has 0 heterocycles. The molecule has 0 aliphatic heterocycles. The first-order valence-electron chi connectivity index (χ1n) is 7.49. The smallest absolute Gasteiger partial charge is 1.00 e. The Kier molecular flexibility index (Phi) is 33.3. The molecule has 0 aliphatic carbocycles. The van der Waals surface area contributed by atoms with Crippen molar-refractivity contribution in [2.24, 2.45) is 0 Å². The molecule has 102 valence electrons. The van der Waals surface area contributed by atoms with Crippen molar-refractivity contribution in [2.75, 3.05) is 13.2 Å². The number of hydrogen-bond acceptors (Lipinski definition) is 1. The van der Waals surface area contributed by atoms with Gasteiger partial charge in [0.15, 0.2) is 0 Å². The van der Waals surface area contributed by atoms with Crippen LogP contribution in [0.1, 0.15) is 87.3 Å². The fourth-order valence-corrected chi connectivity index (χ4v) is 1.94. The Balaban J connectivity index is -0.000000187. The van der Waals surface area contributed by atoms with Crippen LogP contribution in [0.5, 0.6) is 0 Å². The van der Waals surface area contributed by atoms with Crippen molar-refractivity contribution < 1.29 is 66.7 Å². The molecule has 3 heteroatoms. The van der Waals surface area contributed by atoms with Crippen LogP contribution in [-0.2, 0) is 4.74 Å². The summed E-state index contributed by atoms with van der Waals surface area (Å²) in [6, 6.07) is 0. The van der Waals surface area contributed by atoms with E-state index in [1.165, 1.54) is 64.2 Å². The molecule has 0 unspecified atom stereocenters. The van der Waals surface area contributed by atoms with Gasteiger partial charge in [0.05, 0.1) is 0 Å². The minimum Gasteiger partial charge on any atom is -1.00 e. The minimum atomic E-state index is 0. The van der Waals surface area contributed by atoms with Crippen LogP contribution in [-0.4, -0.2) is 13.2 Å². The van der Waals surface area contributed by atoms with E-state index in [1.807, 2.05) is 0 Å². The molecule has 0 saturated carbocycles. The van der Waals surface area contributed by atoms with Gasteiger partial charge in [-0.25, -0.2) is 0 Å². The molecular weight excluding hydrogens is 242 g/mol. The van der Waals surface area contributed by atoms with E-state index in [0.717, 1.165) is 19.6 Å². The number of hydrogen-bond donors (Lipinski definition) is 0. The van der Waals surface area contributed by atoms with E-state index in [9.17, 15) is 0 Å². The van der Waals surface area contributed by atoms with Crippen LogP contribution in [0.2, 0.25) is 0 Å². The summed E-state index contributed by atoms with van der Waals surface area (Å²) >= 11 is 0. The van der Waals surface area contributed by atoms with Crippen molar-refractivity contribution in [3.63, 3.8) is 0 Å². The van der Waals surface area contributed by atoms with Gasteiger partial charge in [-0.3, -0.25) is 0 Å². The first-order valence-corrected chi connectivity index (χ1v) is 7.49. The quantitative estimate of drug-likeness (QED) is 0.328. The van der Waals surface area contributed by atoms with Crippen molar-refractivity contribution in [1.82, 2.24) is 0 Å². The predicted molar refractivity (Wildman–Crippen MR) is 75.2 cm³/mol. The van der Waals surface area contributed by atoms with Crippen LogP contribution in [0, 0.1) is 0 Å². The maximum Gasteiger partial charge on any atom is 1.00 e. The Morgan fingerprint density at radius 2 is 1.00 bits per heavy atom. The largest absolute Gasteiger partial charge is 1.00 e. The predicted octanol–water partition coefficient (Wildman–Crippen LogP) is -0.433. The minimum absolute atomic E-state index is 0. The molecule has 0 saturated heterocycles. The molecule has 1 nitrogen and oxygen atoms in total. The molecule has 18 heavy (non-hydrogen) atoms. The Hall–Kier alpha value is 1.96. The second-order valence-electron chi connectivity index (χ2n) is 4.79. The zero-order chi connectivity index (χ0) is 11.9. The zero-order valence-electron chi connectivity index (χ0n) is 15.6. The summed E-state index contributed by atoms with van der Waals surface area (Å²) in [6.07, 6.45) is 15.2. The molecule has 0 aromatic rings. The summed E-state index contributed by atoms with van der Waals surface area (Å²) in [5.74, 6) is 0. The molecule has 0 aromatic heterocycles. The molecule has 0 aromatic carbocycles. The normalized spacial score (nSPS) is 9.67. The number of unbranched alkanes of at least 4 members (excludes halogenated alkanes) is 9. The van der Waals surface area contributed by atoms with Gasteiger partial charge < -0.3 is 7.59 Å². The molecule has 0 bridgehead atoms. The van der Waals surface area contributed by atoms with E-state index >= 15 is 0 Å². The zero-order valence-corrected chi connectivity index (χ0v) is 17.6. The van der Waals surface area contributed by atoms with E-state index in [0.29, 0.717) is 0 Å². The van der Waals surface area contributed by atoms with Crippen LogP contribution < -0.4 is 59.1 Å². The van der Waals surface area contributed by atoms with Gasteiger partial charge in [0.2, 0.25) is 0 Å². The summed E-state index contributed by atoms with van der Waals surface area (Å²) in [5.41, 5.74) is 0. The van der Waals surface area contributed by atoms with Gasteiger partial charge in [0.1, 0.15) is 0 Å². The van der Waals surface area contributed by atoms with Crippen LogP contribution in [0.3, 0.4) is 0 Å². The molecule has 0 radical (unpaired) electrons. The third-order valence-corrected chi connectivity index (χ3v) is 2.99. The van der Waals surface area contributed by atoms with Crippen molar-refractivity contribution in [3.8, 4) is 0 Å². The Labute approximate surface area is 163 Å². The molecule has 0 atom stereocenters. The van der Waals surface area contributed by atoms with Crippen LogP contribution in [0.4, 0.5) is 0 Å². The topological polar surface area (TPSA) is 9.23 Å². The standard InChI is InChI=1S/C15H32O.2Na.2H/c1-3-5-6-7-8-9-10-11-12-13-15-16-14-4-2;;;;/h3-15H2,1-2H3;;;;/q;2*+1;2*-1. The van der Waals surface area contributed by atoms with E-state index in [-0.39, 0.29) is 62.0 Å². The first-order chi connectivity index (χ1) is 7.91. The van der Waals surface area contributed by atoms with Crippen molar-refractivity contribution in [3.05, 3.63) is 0 Å². The second kappa shape index (κ2) is 24.0. The average molecular weight is 276 g/mol. The first kappa shape index (κ1) is 24.9. The maximum absolute atomic E-state index is 5.45. The molecule has 0 aliphatic rings. The molecule has 0 N–H and O–H groups in total. The van der Waals surface area contributed by atoms with Crippen molar-refractivity contribution >= 4 is 0 Å². The number of rotatable bonds is 13. The fourth-order valence-electron chi connectivity index (χ4n) is 1.94. The molecule has 0 spiro atoms. The maximum atomic E-state index is 5.45. The summed E-state index contributed by atoms with van der Waals surface area (Å²) in [7, 11) is 0. The van der Waals surface area contributed by atoms with Gasteiger partial charge >= 0.3 is 59.1 Å². The Bertz CT molecular complexity index is 116. The summed E-state index contributed by atoms with van der Waals surface area (Å²) < 4.78 is 5.45. The van der Waals surface area contributed by atoms with E-state index < -0.39 is 0 Å². The monoisotopic (exact) mass is 276 g/mol. The van der Waals surface area contributed by atoms with Gasteiger partial charge in [-0.1, -0.05) is 71.6 Å². The van der Waals surface area contributed by atoms with E-state index in [2.05, 4.69) is 13.8 Å². The van der Waals surface area contributed by atoms with Gasteiger partial charge in [-0.2, -0.15) is 0 Å². The van der Waals surface area contributed by atoms with E-state index in [1.54, 1.807) is 0 Å². The molecule has 0 amide bonds. The summed E-state index contributed by atoms with van der Waals surface area (Å²) in [6.45, 7) is 6.36. The Morgan fingerprint density at radius 3 is 1.44 bits per heavy atom. The van der Waals surface area contributed by atoms with Gasteiger partial charge in [0, 0.05) is 13.2 Å². The third-order valence-electron chi connectivity index (χ3n) is 2.99. The molecule has 0 fully saturated rings. The summed E-state index contributed by atoms with van der Waals surface area (Å²) in [4.78, 5) is 0. The van der Waals surface area contributed by atoms with Crippen molar-refractivity contribution in [1.29, 1.82) is 0 Å². The van der Waals surface area contributed by atoms with Crippen LogP contribution in [0.15, 0.2) is 0 Å². The second-order valence-corrected chi connectivity index (χ2v) is 4.79. The van der Waals surface area contributed by atoms with Crippen LogP contribution >= 0.6 is 0 Å². The van der Waals surface area contributed by atoms with Gasteiger partial charge in [-0.05, 0) is 12.8 Å². The van der Waals surface area contributed by atoms with Gasteiger partial charge in [0.25, 0.3) is 0 Å².